The highest BCUT2D eigenvalue weighted by Gasteiger charge is 2.14. The quantitative estimate of drug-likeness (QED) is 0.605. The van der Waals surface area contributed by atoms with Crippen LogP contribution in [0.3, 0.4) is 0 Å². The second-order valence-corrected chi connectivity index (χ2v) is 8.99. The normalized spacial score (nSPS) is 13.1. The molecule has 2 aromatic heterocycles. The van der Waals surface area contributed by atoms with E-state index in [1.165, 1.54) is 13.3 Å². The van der Waals surface area contributed by atoms with E-state index in [4.69, 9.17) is 5.73 Å². The van der Waals surface area contributed by atoms with Gasteiger partial charge in [0.2, 0.25) is 0 Å². The van der Waals surface area contributed by atoms with E-state index in [0.717, 1.165) is 8.26 Å². The van der Waals surface area contributed by atoms with Crippen LogP contribution in [-0.2, 0) is 0 Å². The largest absolute Gasteiger partial charge is 0.320 e. The first-order valence-corrected chi connectivity index (χ1v) is 8.38. The molecule has 1 unspecified atom stereocenters. The van der Waals surface area contributed by atoms with Gasteiger partial charge in [-0.3, -0.25) is 0 Å². The van der Waals surface area contributed by atoms with E-state index in [-0.39, 0.29) is 6.04 Å². The third-order valence-corrected chi connectivity index (χ3v) is 7.06. The first-order chi connectivity index (χ1) is 7.08. The van der Waals surface area contributed by atoms with Gasteiger partial charge in [0.1, 0.15) is 0 Å². The van der Waals surface area contributed by atoms with Crippen molar-refractivity contribution in [2.45, 2.75) is 6.04 Å². The van der Waals surface area contributed by atoms with Gasteiger partial charge in [0, 0.05) is 9.35 Å². The lowest BCUT2D eigenvalue weighted by Gasteiger charge is -2.05. The molecule has 0 aliphatic heterocycles. The van der Waals surface area contributed by atoms with Crippen LogP contribution in [0.2, 0.25) is 0 Å². The summed E-state index contributed by atoms with van der Waals surface area (Å²) in [5.74, 6) is 0. The minimum absolute atomic E-state index is 0.0163. The maximum atomic E-state index is 6.18. The van der Waals surface area contributed by atoms with Gasteiger partial charge >= 0.3 is 0 Å². The molecule has 1 nitrogen and oxygen atoms in total. The Bertz CT molecular complexity index is 461. The summed E-state index contributed by atoms with van der Waals surface area (Å²) in [5, 5.41) is 2.12. The summed E-state index contributed by atoms with van der Waals surface area (Å²) in [7, 11) is 0. The van der Waals surface area contributed by atoms with Crippen molar-refractivity contribution < 1.29 is 0 Å². The molecule has 0 aliphatic carbocycles. The maximum absolute atomic E-state index is 6.18. The van der Waals surface area contributed by atoms with Crippen molar-refractivity contribution in [1.82, 2.24) is 0 Å². The van der Waals surface area contributed by atoms with Crippen LogP contribution in [-0.4, -0.2) is 0 Å². The summed E-state index contributed by atoms with van der Waals surface area (Å²) in [6, 6.07) is 4.19. The fourth-order valence-electron chi connectivity index (χ4n) is 1.17. The Morgan fingerprint density at radius 1 is 1.33 bits per heavy atom. The molecule has 0 aliphatic rings. The van der Waals surface area contributed by atoms with Crippen molar-refractivity contribution in [3.63, 3.8) is 0 Å². The monoisotopic (exact) mass is 477 g/mol. The van der Waals surface area contributed by atoms with Gasteiger partial charge in [-0.25, -0.2) is 0 Å². The molecule has 2 aromatic rings. The fourth-order valence-corrected chi connectivity index (χ4v) is 4.70. The molecule has 1 atom stereocenters. The molecule has 0 aromatic carbocycles. The Morgan fingerprint density at radius 3 is 2.53 bits per heavy atom. The summed E-state index contributed by atoms with van der Waals surface area (Å²) >= 11 is 12.7. The zero-order chi connectivity index (χ0) is 11.0. The molecule has 2 rings (SSSR count). The molecule has 2 N–H and O–H groups in total. The SMILES string of the molecule is NC(c1csc(I)c1)c1cc(Br)c(Br)s1. The Hall–Kier alpha value is 1.05. The number of nitrogens with two attached hydrogens (primary N) is 1. The van der Waals surface area contributed by atoms with Gasteiger partial charge < -0.3 is 5.73 Å². The highest BCUT2D eigenvalue weighted by atomic mass is 127. The van der Waals surface area contributed by atoms with Crippen LogP contribution < -0.4 is 5.73 Å². The molecular weight excluding hydrogens is 473 g/mol. The third-order valence-electron chi connectivity index (χ3n) is 1.92. The standard InChI is InChI=1S/C9H6Br2INS2/c10-5-2-6(15-9(5)11)8(13)4-1-7(12)14-3-4/h1-3,8H,13H2. The summed E-state index contributed by atoms with van der Waals surface area (Å²) in [4.78, 5) is 1.17. The summed E-state index contributed by atoms with van der Waals surface area (Å²) in [6.45, 7) is 0. The van der Waals surface area contributed by atoms with Crippen LogP contribution in [0.4, 0.5) is 0 Å². The molecule has 15 heavy (non-hydrogen) atoms. The number of rotatable bonds is 2. The van der Waals surface area contributed by atoms with Crippen LogP contribution in [0.25, 0.3) is 0 Å². The molecule has 2 heterocycles. The molecule has 6 heteroatoms. The molecule has 0 saturated heterocycles. The van der Waals surface area contributed by atoms with Crippen molar-refractivity contribution in [3.05, 3.63) is 39.1 Å². The number of thiophene rings is 2. The molecule has 0 fully saturated rings. The Balaban J connectivity index is 2.31. The van der Waals surface area contributed by atoms with E-state index in [0.29, 0.717) is 0 Å². The van der Waals surface area contributed by atoms with Gasteiger partial charge in [-0.1, -0.05) is 0 Å². The van der Waals surface area contributed by atoms with Crippen molar-refractivity contribution in [1.29, 1.82) is 0 Å². The smallest absolute Gasteiger partial charge is 0.0843 e. The number of hydrogen-bond donors (Lipinski definition) is 1. The number of halogens is 3. The number of hydrogen-bond acceptors (Lipinski definition) is 3. The van der Waals surface area contributed by atoms with Gasteiger partial charge in [-0.2, -0.15) is 0 Å². The minimum atomic E-state index is -0.0163. The summed E-state index contributed by atoms with van der Waals surface area (Å²) in [6.07, 6.45) is 0. The van der Waals surface area contributed by atoms with Crippen LogP contribution in [0.15, 0.2) is 25.8 Å². The average Bonchev–Trinajstić information content (AvgIpc) is 2.74. The van der Waals surface area contributed by atoms with Crippen LogP contribution >= 0.6 is 77.1 Å². The molecule has 0 amide bonds. The predicted molar refractivity (Wildman–Crippen MR) is 82.8 cm³/mol. The molecule has 0 bridgehead atoms. The molecule has 0 spiro atoms. The Kier molecular flexibility index (Phi) is 4.28. The van der Waals surface area contributed by atoms with Crippen molar-refractivity contribution in [2.24, 2.45) is 5.73 Å². The van der Waals surface area contributed by atoms with E-state index in [1.54, 1.807) is 22.7 Å². The van der Waals surface area contributed by atoms with Gasteiger partial charge in [-0.15, -0.1) is 22.7 Å². The lowest BCUT2D eigenvalue weighted by molar-refractivity contribution is 0.898. The zero-order valence-electron chi connectivity index (χ0n) is 7.34. The summed E-state index contributed by atoms with van der Waals surface area (Å²) in [5.41, 5.74) is 7.37. The second kappa shape index (κ2) is 5.14. The van der Waals surface area contributed by atoms with Gasteiger partial charge in [0.25, 0.3) is 0 Å². The Labute approximate surface area is 126 Å². The Morgan fingerprint density at radius 2 is 2.07 bits per heavy atom. The highest BCUT2D eigenvalue weighted by Crippen LogP contribution is 2.37. The molecule has 80 valence electrons. The van der Waals surface area contributed by atoms with E-state index in [2.05, 4.69) is 72.0 Å². The second-order valence-electron chi connectivity index (χ2n) is 2.93. The van der Waals surface area contributed by atoms with E-state index >= 15 is 0 Å². The predicted octanol–water partition coefficient (Wildman–Crippen LogP) is 4.99. The van der Waals surface area contributed by atoms with Gasteiger partial charge in [0.15, 0.2) is 0 Å². The van der Waals surface area contributed by atoms with Crippen molar-refractivity contribution in [3.8, 4) is 0 Å². The highest BCUT2D eigenvalue weighted by molar-refractivity contribution is 14.1. The maximum Gasteiger partial charge on any atom is 0.0843 e. The molecular formula is C9H6Br2INS2. The minimum Gasteiger partial charge on any atom is -0.320 e. The van der Waals surface area contributed by atoms with Crippen LogP contribution in [0, 0.1) is 2.88 Å². The summed E-state index contributed by atoms with van der Waals surface area (Å²) < 4.78 is 3.44. The van der Waals surface area contributed by atoms with Crippen LogP contribution in [0.1, 0.15) is 16.5 Å². The van der Waals surface area contributed by atoms with Gasteiger partial charge in [-0.05, 0) is 77.5 Å². The van der Waals surface area contributed by atoms with Crippen molar-refractivity contribution in [2.75, 3.05) is 0 Å². The molecule has 0 radical (unpaired) electrons. The first-order valence-electron chi connectivity index (χ1n) is 4.02. The van der Waals surface area contributed by atoms with Gasteiger partial charge in [0.05, 0.1) is 12.7 Å². The third kappa shape index (κ3) is 2.84. The van der Waals surface area contributed by atoms with Crippen molar-refractivity contribution >= 4 is 77.1 Å². The van der Waals surface area contributed by atoms with E-state index < -0.39 is 0 Å². The zero-order valence-corrected chi connectivity index (χ0v) is 14.3. The lowest BCUT2D eigenvalue weighted by atomic mass is 10.1. The lowest BCUT2D eigenvalue weighted by Crippen LogP contribution is -2.08. The topological polar surface area (TPSA) is 26.0 Å². The van der Waals surface area contributed by atoms with Crippen LogP contribution in [0.5, 0.6) is 0 Å². The first kappa shape index (κ1) is 12.5. The fraction of sp³-hybridized carbons (Fsp3) is 0.111. The van der Waals surface area contributed by atoms with E-state index in [9.17, 15) is 0 Å². The molecule has 0 saturated carbocycles. The van der Waals surface area contributed by atoms with E-state index in [1.807, 2.05) is 0 Å². The average molecular weight is 479 g/mol.